The molecule has 1 aliphatic heterocycles. The molecule has 86 valence electrons. The third-order valence-electron chi connectivity index (χ3n) is 2.19. The molecule has 1 amide bonds. The van der Waals surface area contributed by atoms with E-state index in [4.69, 9.17) is 10.00 Å². The van der Waals surface area contributed by atoms with Gasteiger partial charge in [0.15, 0.2) is 0 Å². The van der Waals surface area contributed by atoms with E-state index in [1.807, 2.05) is 0 Å². The van der Waals surface area contributed by atoms with Crippen molar-refractivity contribution in [1.82, 2.24) is 4.90 Å². The number of rotatable bonds is 3. The molecule has 0 radical (unpaired) electrons. The maximum Gasteiger partial charge on any atom is 0.327 e. The van der Waals surface area contributed by atoms with Crippen LogP contribution in [0.1, 0.15) is 6.92 Å². The third-order valence-corrected chi connectivity index (χ3v) is 4.19. The number of thioether (sulfide) groups is 1. The number of hydrogen-bond donors (Lipinski definition) is 2. The van der Waals surface area contributed by atoms with Crippen LogP contribution in [0, 0.1) is 0 Å². The van der Waals surface area contributed by atoms with Crippen LogP contribution < -0.4 is 0 Å². The first-order chi connectivity index (χ1) is 6.95. The van der Waals surface area contributed by atoms with Gasteiger partial charge in [-0.15, -0.1) is 11.8 Å². The van der Waals surface area contributed by atoms with Gasteiger partial charge in [-0.25, -0.2) is 4.79 Å². The maximum atomic E-state index is 11.6. The smallest absolute Gasteiger partial charge is 0.327 e. The predicted molar refractivity (Wildman–Crippen MR) is 56.3 cm³/mol. The molecule has 1 heterocycles. The highest BCUT2D eigenvalue weighted by Gasteiger charge is 2.37. The second-order valence-corrected chi connectivity index (χ2v) is 5.76. The summed E-state index contributed by atoms with van der Waals surface area (Å²) >= 11 is 1.33. The van der Waals surface area contributed by atoms with Crippen LogP contribution >= 0.6 is 19.8 Å². The number of aliphatic carboxylic acids is 1. The Morgan fingerprint density at radius 1 is 1.60 bits per heavy atom. The van der Waals surface area contributed by atoms with Crippen LogP contribution in [0.25, 0.3) is 0 Å². The summed E-state index contributed by atoms with van der Waals surface area (Å²) in [6.45, 7) is 1.34. The van der Waals surface area contributed by atoms with Crippen LogP contribution in [0.3, 0.4) is 0 Å². The standard InChI is InChI=1S/C7H12NO5PS/c1-4(14(12)13)6(9)8-3-15-2-5(8)7(10)11/h4-5,14H,2-3H2,1H3,(H,10,11)(H,12,13). The zero-order valence-electron chi connectivity index (χ0n) is 8.04. The zero-order valence-corrected chi connectivity index (χ0v) is 9.86. The Morgan fingerprint density at radius 2 is 2.20 bits per heavy atom. The summed E-state index contributed by atoms with van der Waals surface area (Å²) in [7, 11) is -2.94. The van der Waals surface area contributed by atoms with Crippen molar-refractivity contribution in [2.24, 2.45) is 0 Å². The summed E-state index contributed by atoms with van der Waals surface area (Å²) in [5.74, 6) is -1.02. The monoisotopic (exact) mass is 253 g/mol. The second kappa shape index (κ2) is 5.01. The molecule has 0 aliphatic carbocycles. The highest BCUT2D eigenvalue weighted by atomic mass is 32.2. The van der Waals surface area contributed by atoms with Gasteiger partial charge < -0.3 is 14.9 Å². The first kappa shape index (κ1) is 12.5. The van der Waals surface area contributed by atoms with Crippen molar-refractivity contribution in [3.63, 3.8) is 0 Å². The van der Waals surface area contributed by atoms with E-state index in [0.29, 0.717) is 5.75 Å². The molecule has 0 aromatic rings. The number of nitrogens with zero attached hydrogens (tertiary/aromatic N) is 1. The summed E-state index contributed by atoms with van der Waals surface area (Å²) in [4.78, 5) is 32.4. The van der Waals surface area contributed by atoms with Crippen LogP contribution in [0.15, 0.2) is 0 Å². The van der Waals surface area contributed by atoms with Crippen molar-refractivity contribution < 1.29 is 24.2 Å². The SMILES string of the molecule is CC(C(=O)N1CSCC1C(=O)O)[PH](=O)O. The quantitative estimate of drug-likeness (QED) is 0.678. The van der Waals surface area contributed by atoms with Crippen molar-refractivity contribution in [3.05, 3.63) is 0 Å². The maximum absolute atomic E-state index is 11.6. The van der Waals surface area contributed by atoms with Gasteiger partial charge in [-0.3, -0.25) is 9.36 Å². The van der Waals surface area contributed by atoms with E-state index in [0.717, 1.165) is 4.90 Å². The Kier molecular flexibility index (Phi) is 4.19. The molecule has 0 aromatic carbocycles. The van der Waals surface area contributed by atoms with Gasteiger partial charge in [0.05, 0.1) is 5.88 Å². The Bertz CT molecular complexity index is 310. The molecule has 8 heteroatoms. The van der Waals surface area contributed by atoms with Crippen LogP contribution in [0.5, 0.6) is 0 Å². The van der Waals surface area contributed by atoms with E-state index < -0.39 is 31.6 Å². The second-order valence-electron chi connectivity index (χ2n) is 3.22. The lowest BCUT2D eigenvalue weighted by Crippen LogP contribution is -2.44. The fourth-order valence-electron chi connectivity index (χ4n) is 1.22. The van der Waals surface area contributed by atoms with E-state index in [-0.39, 0.29) is 5.88 Å². The van der Waals surface area contributed by atoms with E-state index >= 15 is 0 Å². The molecule has 1 rings (SSSR count). The largest absolute Gasteiger partial charge is 0.480 e. The molecule has 0 saturated carbocycles. The van der Waals surface area contributed by atoms with Gasteiger partial charge >= 0.3 is 5.97 Å². The average molecular weight is 253 g/mol. The van der Waals surface area contributed by atoms with Crippen molar-refractivity contribution in [2.75, 3.05) is 11.6 Å². The van der Waals surface area contributed by atoms with Gasteiger partial charge in [0, 0.05) is 5.75 Å². The number of carbonyl (C=O) groups excluding carboxylic acids is 1. The predicted octanol–water partition coefficient (Wildman–Crippen LogP) is -0.172. The fourth-order valence-corrected chi connectivity index (χ4v) is 2.75. The summed E-state index contributed by atoms with van der Waals surface area (Å²) in [5, 5.41) is 8.81. The van der Waals surface area contributed by atoms with E-state index in [2.05, 4.69) is 0 Å². The lowest BCUT2D eigenvalue weighted by atomic mass is 10.3. The number of carboxylic acids is 1. The summed E-state index contributed by atoms with van der Waals surface area (Å²) < 4.78 is 10.8. The first-order valence-corrected chi connectivity index (χ1v) is 6.87. The van der Waals surface area contributed by atoms with Crippen molar-refractivity contribution in [2.45, 2.75) is 18.6 Å². The van der Waals surface area contributed by atoms with Gasteiger partial charge in [0.2, 0.25) is 13.9 Å². The van der Waals surface area contributed by atoms with E-state index in [9.17, 15) is 14.2 Å². The lowest BCUT2D eigenvalue weighted by Gasteiger charge is -2.22. The minimum Gasteiger partial charge on any atom is -0.480 e. The van der Waals surface area contributed by atoms with Gasteiger partial charge in [0.25, 0.3) is 0 Å². The Morgan fingerprint density at radius 3 is 2.67 bits per heavy atom. The van der Waals surface area contributed by atoms with Crippen LogP contribution in [-0.4, -0.2) is 50.1 Å². The molecular weight excluding hydrogens is 241 g/mol. The van der Waals surface area contributed by atoms with Gasteiger partial charge in [0.1, 0.15) is 11.7 Å². The van der Waals surface area contributed by atoms with Gasteiger partial charge in [-0.2, -0.15) is 0 Å². The molecular formula is C7H12NO5PS. The van der Waals surface area contributed by atoms with Crippen molar-refractivity contribution in [1.29, 1.82) is 0 Å². The van der Waals surface area contributed by atoms with Gasteiger partial charge in [-0.1, -0.05) is 0 Å². The molecule has 0 bridgehead atoms. The molecule has 1 fully saturated rings. The van der Waals surface area contributed by atoms with Crippen molar-refractivity contribution >= 4 is 31.7 Å². The molecule has 3 unspecified atom stereocenters. The fraction of sp³-hybridized carbons (Fsp3) is 0.714. The number of carboxylic acid groups (broad SMARTS) is 1. The molecule has 1 aliphatic rings. The molecule has 1 saturated heterocycles. The molecule has 15 heavy (non-hydrogen) atoms. The average Bonchev–Trinajstić information content (AvgIpc) is 2.63. The molecule has 6 nitrogen and oxygen atoms in total. The highest BCUT2D eigenvalue weighted by Crippen LogP contribution is 2.28. The topological polar surface area (TPSA) is 94.9 Å². The number of amides is 1. The normalized spacial score (nSPS) is 24.9. The van der Waals surface area contributed by atoms with E-state index in [1.165, 1.54) is 18.7 Å². The molecule has 2 N–H and O–H groups in total. The summed E-state index contributed by atoms with van der Waals surface area (Å²) in [6, 6.07) is -0.869. The Balaban J connectivity index is 2.75. The molecule has 0 aromatic heterocycles. The van der Waals surface area contributed by atoms with Crippen LogP contribution in [-0.2, 0) is 14.2 Å². The molecule has 0 spiro atoms. The van der Waals surface area contributed by atoms with Gasteiger partial charge in [-0.05, 0) is 6.92 Å². The zero-order chi connectivity index (χ0) is 11.6. The summed E-state index contributed by atoms with van der Waals surface area (Å²) in [5.41, 5.74) is -1.00. The Hall–Kier alpha value is -0.520. The van der Waals surface area contributed by atoms with E-state index in [1.54, 1.807) is 0 Å². The van der Waals surface area contributed by atoms with Crippen molar-refractivity contribution in [3.8, 4) is 0 Å². The lowest BCUT2D eigenvalue weighted by molar-refractivity contribution is -0.147. The summed E-state index contributed by atoms with van der Waals surface area (Å²) in [6.07, 6.45) is 0. The van der Waals surface area contributed by atoms with Crippen LogP contribution in [0.2, 0.25) is 0 Å². The minimum atomic E-state index is -2.94. The Labute approximate surface area is 91.5 Å². The number of hydrogen-bond acceptors (Lipinski definition) is 4. The molecule has 3 atom stereocenters. The number of carbonyl (C=O) groups is 2. The van der Waals surface area contributed by atoms with Crippen LogP contribution in [0.4, 0.5) is 0 Å². The third kappa shape index (κ3) is 2.74. The highest BCUT2D eigenvalue weighted by molar-refractivity contribution is 7.99. The first-order valence-electron chi connectivity index (χ1n) is 4.29. The minimum absolute atomic E-state index is 0.273.